The van der Waals surface area contributed by atoms with Crippen LogP contribution in [0.4, 0.5) is 5.82 Å². The summed E-state index contributed by atoms with van der Waals surface area (Å²) < 4.78 is 5.51. The van der Waals surface area contributed by atoms with Crippen LogP contribution < -0.4 is 10.2 Å². The lowest BCUT2D eigenvalue weighted by atomic mass is 9.95. The molecule has 1 aromatic carbocycles. The Hall–Kier alpha value is -2.93. The van der Waals surface area contributed by atoms with Crippen molar-refractivity contribution in [3.8, 4) is 0 Å². The minimum atomic E-state index is -0.116. The minimum Gasteiger partial charge on any atom is -0.381 e. The number of rotatable bonds is 12. The minimum absolute atomic E-state index is 0.0911. The van der Waals surface area contributed by atoms with Crippen LogP contribution in [0, 0.1) is 0 Å². The van der Waals surface area contributed by atoms with Crippen LogP contribution in [-0.2, 0) is 9.53 Å². The molecule has 0 bridgehead atoms. The van der Waals surface area contributed by atoms with Crippen molar-refractivity contribution in [3.05, 3.63) is 59.8 Å². The first-order chi connectivity index (χ1) is 16.6. The lowest BCUT2D eigenvalue weighted by Gasteiger charge is -2.37. The highest BCUT2D eigenvalue weighted by molar-refractivity contribution is 5.94. The van der Waals surface area contributed by atoms with E-state index >= 15 is 0 Å². The predicted octanol–water partition coefficient (Wildman–Crippen LogP) is 3.86. The Morgan fingerprint density at radius 1 is 1.00 bits per heavy atom. The van der Waals surface area contributed by atoms with Gasteiger partial charge in [0.1, 0.15) is 5.82 Å². The van der Waals surface area contributed by atoms with Crippen LogP contribution in [0.3, 0.4) is 0 Å². The Labute approximate surface area is 203 Å². The van der Waals surface area contributed by atoms with Crippen LogP contribution in [0.1, 0.15) is 61.4 Å². The van der Waals surface area contributed by atoms with E-state index in [4.69, 9.17) is 4.74 Å². The van der Waals surface area contributed by atoms with E-state index in [1.54, 1.807) is 6.20 Å². The van der Waals surface area contributed by atoms with E-state index in [0.717, 1.165) is 56.8 Å². The van der Waals surface area contributed by atoms with Gasteiger partial charge in [-0.05, 0) is 37.0 Å². The summed E-state index contributed by atoms with van der Waals surface area (Å²) in [4.78, 5) is 34.1. The smallest absolute Gasteiger partial charge is 0.252 e. The molecule has 1 N–H and O–H groups in total. The van der Waals surface area contributed by atoms with Crippen molar-refractivity contribution >= 4 is 17.6 Å². The number of pyridine rings is 1. The van der Waals surface area contributed by atoms with Gasteiger partial charge >= 0.3 is 0 Å². The fourth-order valence-corrected chi connectivity index (χ4v) is 4.15. The Morgan fingerprint density at radius 2 is 1.74 bits per heavy atom. The number of nitrogens with one attached hydrogen (secondary N) is 1. The van der Waals surface area contributed by atoms with Crippen LogP contribution >= 0.6 is 0 Å². The summed E-state index contributed by atoms with van der Waals surface area (Å²) >= 11 is 0. The van der Waals surface area contributed by atoms with Gasteiger partial charge in [0.2, 0.25) is 5.91 Å². The van der Waals surface area contributed by atoms with Gasteiger partial charge in [0.25, 0.3) is 5.91 Å². The molecular weight excluding hydrogens is 428 g/mol. The summed E-state index contributed by atoms with van der Waals surface area (Å²) in [6.45, 7) is 9.04. The summed E-state index contributed by atoms with van der Waals surface area (Å²) in [7, 11) is 0. The molecule has 1 unspecified atom stereocenters. The number of hydrogen-bond donors (Lipinski definition) is 1. The van der Waals surface area contributed by atoms with Gasteiger partial charge in [0.05, 0.1) is 11.5 Å². The Bertz CT molecular complexity index is 881. The molecule has 34 heavy (non-hydrogen) atoms. The molecule has 0 aliphatic carbocycles. The molecule has 1 atom stereocenters. The topological polar surface area (TPSA) is 74.8 Å². The molecule has 1 fully saturated rings. The third kappa shape index (κ3) is 7.29. The Kier molecular flexibility index (Phi) is 10.3. The second kappa shape index (κ2) is 13.7. The molecule has 7 heteroatoms. The van der Waals surface area contributed by atoms with Gasteiger partial charge in [0.15, 0.2) is 0 Å². The molecule has 0 saturated carbocycles. The zero-order valence-electron chi connectivity index (χ0n) is 20.5. The standard InChI is InChI=1S/C27H38N4O3/c1-3-5-19-34-20-9-14-28-26(32)23-12-13-25(29-21-23)30-15-17-31(18-16-30)27(33)24(4-2)22-10-7-6-8-11-22/h6-8,10-13,21,24H,3-5,9,14-20H2,1-2H3,(H,28,32). The first-order valence-electron chi connectivity index (χ1n) is 12.5. The van der Waals surface area contributed by atoms with Gasteiger partial charge in [-0.25, -0.2) is 4.98 Å². The average molecular weight is 467 g/mol. The summed E-state index contributed by atoms with van der Waals surface area (Å²) in [6.07, 6.45) is 5.42. The fourth-order valence-electron chi connectivity index (χ4n) is 4.15. The quantitative estimate of drug-likeness (QED) is 0.481. The second-order valence-corrected chi connectivity index (χ2v) is 8.66. The summed E-state index contributed by atoms with van der Waals surface area (Å²) in [6, 6.07) is 13.7. The molecule has 1 saturated heterocycles. The van der Waals surface area contributed by atoms with Crippen molar-refractivity contribution in [1.82, 2.24) is 15.2 Å². The van der Waals surface area contributed by atoms with Gasteiger partial charge in [-0.1, -0.05) is 50.6 Å². The van der Waals surface area contributed by atoms with Gasteiger partial charge in [-0.3, -0.25) is 9.59 Å². The summed E-state index contributed by atoms with van der Waals surface area (Å²) in [5, 5.41) is 2.92. The van der Waals surface area contributed by atoms with Crippen molar-refractivity contribution < 1.29 is 14.3 Å². The molecule has 1 aliphatic heterocycles. The van der Waals surface area contributed by atoms with E-state index in [0.29, 0.717) is 31.8 Å². The monoisotopic (exact) mass is 466 g/mol. The third-order valence-corrected chi connectivity index (χ3v) is 6.23. The predicted molar refractivity (Wildman–Crippen MR) is 135 cm³/mol. The van der Waals surface area contributed by atoms with Crippen molar-refractivity contribution in [2.75, 3.05) is 50.8 Å². The lowest BCUT2D eigenvalue weighted by molar-refractivity contribution is -0.133. The molecule has 0 spiro atoms. The normalized spacial score (nSPS) is 14.6. The van der Waals surface area contributed by atoms with Crippen LogP contribution in [0.2, 0.25) is 0 Å². The van der Waals surface area contributed by atoms with Crippen LogP contribution in [0.15, 0.2) is 48.7 Å². The summed E-state index contributed by atoms with van der Waals surface area (Å²) in [5.41, 5.74) is 1.63. The molecule has 3 rings (SSSR count). The van der Waals surface area contributed by atoms with E-state index in [1.807, 2.05) is 47.4 Å². The number of amides is 2. The largest absolute Gasteiger partial charge is 0.381 e. The first-order valence-corrected chi connectivity index (χ1v) is 12.5. The molecular formula is C27H38N4O3. The SMILES string of the molecule is CCCCOCCCNC(=O)c1ccc(N2CCN(C(=O)C(CC)c3ccccc3)CC2)nc1. The lowest BCUT2D eigenvalue weighted by Crippen LogP contribution is -2.50. The van der Waals surface area contributed by atoms with Crippen molar-refractivity contribution in [1.29, 1.82) is 0 Å². The fraction of sp³-hybridized carbons (Fsp3) is 0.519. The van der Waals surface area contributed by atoms with Crippen molar-refractivity contribution in [3.63, 3.8) is 0 Å². The second-order valence-electron chi connectivity index (χ2n) is 8.66. The number of ether oxygens (including phenoxy) is 1. The molecule has 2 heterocycles. The van der Waals surface area contributed by atoms with E-state index in [2.05, 4.69) is 29.0 Å². The number of nitrogens with zero attached hydrogens (tertiary/aromatic N) is 3. The molecule has 7 nitrogen and oxygen atoms in total. The van der Waals surface area contributed by atoms with Gasteiger partial charge < -0.3 is 19.9 Å². The van der Waals surface area contributed by atoms with Gasteiger partial charge in [-0.2, -0.15) is 0 Å². The van der Waals surface area contributed by atoms with Crippen LogP contribution in [-0.4, -0.2) is 67.6 Å². The van der Waals surface area contributed by atoms with E-state index in [1.165, 1.54) is 0 Å². The third-order valence-electron chi connectivity index (χ3n) is 6.23. The maximum absolute atomic E-state index is 13.1. The highest BCUT2D eigenvalue weighted by Crippen LogP contribution is 2.23. The number of aromatic nitrogens is 1. The van der Waals surface area contributed by atoms with E-state index < -0.39 is 0 Å². The highest BCUT2D eigenvalue weighted by Gasteiger charge is 2.27. The summed E-state index contributed by atoms with van der Waals surface area (Å²) in [5.74, 6) is 0.827. The maximum atomic E-state index is 13.1. The van der Waals surface area contributed by atoms with Crippen molar-refractivity contribution in [2.24, 2.45) is 0 Å². The number of benzene rings is 1. The molecule has 184 valence electrons. The molecule has 0 radical (unpaired) electrons. The maximum Gasteiger partial charge on any atom is 0.252 e. The average Bonchev–Trinajstić information content (AvgIpc) is 2.89. The number of unbranched alkanes of at least 4 members (excludes halogenated alkanes) is 1. The zero-order chi connectivity index (χ0) is 24.2. The molecule has 1 aromatic heterocycles. The Balaban J connectivity index is 1.44. The number of carbonyl (C=O) groups is 2. The number of carbonyl (C=O) groups excluding carboxylic acids is 2. The number of hydrogen-bond acceptors (Lipinski definition) is 5. The Morgan fingerprint density at radius 3 is 2.38 bits per heavy atom. The molecule has 2 aromatic rings. The first kappa shape index (κ1) is 25.7. The van der Waals surface area contributed by atoms with Crippen LogP contribution in [0.5, 0.6) is 0 Å². The van der Waals surface area contributed by atoms with E-state index in [-0.39, 0.29) is 17.7 Å². The van der Waals surface area contributed by atoms with Crippen molar-refractivity contribution in [2.45, 2.75) is 45.4 Å². The van der Waals surface area contributed by atoms with Gasteiger partial charge in [0, 0.05) is 52.1 Å². The molecule has 1 aliphatic rings. The van der Waals surface area contributed by atoms with Crippen LogP contribution in [0.25, 0.3) is 0 Å². The van der Waals surface area contributed by atoms with E-state index in [9.17, 15) is 9.59 Å². The van der Waals surface area contributed by atoms with Gasteiger partial charge in [-0.15, -0.1) is 0 Å². The number of anilines is 1. The molecule has 2 amide bonds. The zero-order valence-corrected chi connectivity index (χ0v) is 20.5. The number of piperazine rings is 1. The highest BCUT2D eigenvalue weighted by atomic mass is 16.5.